The molecule has 232 valence electrons. The van der Waals surface area contributed by atoms with Gasteiger partial charge in [-0.3, -0.25) is 14.4 Å². The number of likely N-dealkylation sites (tertiary alicyclic amines) is 1. The molecule has 3 aliphatic heterocycles. The molecule has 4 heterocycles. The van der Waals surface area contributed by atoms with E-state index in [-0.39, 0.29) is 44.2 Å². The third-order valence-electron chi connectivity index (χ3n) is 9.41. The lowest BCUT2D eigenvalue weighted by Gasteiger charge is -2.40. The molecule has 1 aromatic carbocycles. The van der Waals surface area contributed by atoms with Crippen LogP contribution < -0.4 is 0 Å². The smallest absolute Gasteiger partial charge is 0.312 e. The minimum absolute atomic E-state index is 0.0740. The largest absolute Gasteiger partial charge is 0.465 e. The van der Waals surface area contributed by atoms with Crippen LogP contribution in [0.5, 0.6) is 0 Å². The number of aromatic nitrogens is 3. The molecule has 2 aromatic rings. The van der Waals surface area contributed by atoms with Gasteiger partial charge in [-0.1, -0.05) is 50.3 Å². The number of para-hydroxylation sites is 1. The van der Waals surface area contributed by atoms with Gasteiger partial charge in [0.05, 0.1) is 36.3 Å². The second-order valence-corrected chi connectivity index (χ2v) is 12.4. The van der Waals surface area contributed by atoms with E-state index in [1.807, 2.05) is 45.0 Å². The Morgan fingerprint density at radius 2 is 2.02 bits per heavy atom. The molecule has 3 aliphatic rings. The van der Waals surface area contributed by atoms with Crippen molar-refractivity contribution < 1.29 is 29.0 Å². The Hall–Kier alpha value is -3.57. The topological polar surface area (TPSA) is 127 Å². The molecule has 6 atom stereocenters. The van der Waals surface area contributed by atoms with Gasteiger partial charge in [-0.05, 0) is 50.2 Å². The third kappa shape index (κ3) is 5.06. The maximum absolute atomic E-state index is 14.8. The first-order valence-corrected chi connectivity index (χ1v) is 15.3. The minimum Gasteiger partial charge on any atom is -0.465 e. The predicted octanol–water partition coefficient (Wildman–Crippen LogP) is 3.08. The number of aliphatic hydroxyl groups is 1. The summed E-state index contributed by atoms with van der Waals surface area (Å²) in [5.74, 6) is -2.78. The summed E-state index contributed by atoms with van der Waals surface area (Å²) in [6, 6.07) is 5.80. The summed E-state index contributed by atoms with van der Waals surface area (Å²) in [7, 11) is 0. The highest BCUT2D eigenvalue weighted by Gasteiger charge is 2.79. The normalized spacial score (nSPS) is 28.3. The fourth-order valence-corrected chi connectivity index (χ4v) is 7.57. The highest BCUT2D eigenvalue weighted by molar-refractivity contribution is 5.98. The van der Waals surface area contributed by atoms with Gasteiger partial charge in [0.15, 0.2) is 0 Å². The van der Waals surface area contributed by atoms with Gasteiger partial charge < -0.3 is 24.4 Å². The number of carbonyl (C=O) groups excluding carboxylic acids is 3. The third-order valence-corrected chi connectivity index (χ3v) is 9.41. The van der Waals surface area contributed by atoms with Crippen molar-refractivity contribution >= 4 is 28.8 Å². The second-order valence-electron chi connectivity index (χ2n) is 12.4. The van der Waals surface area contributed by atoms with E-state index < -0.39 is 41.1 Å². The van der Waals surface area contributed by atoms with Crippen LogP contribution in [0.25, 0.3) is 11.0 Å². The standard InChI is InChI=1S/C32H43N5O6/c1-6-9-17-42-30(41)26-25-28(39)37(22(19-38)18-21(4)5)27(32(25)15-14-31(26,8-3)43-32)29(40)35(16-7-2)20-36-24-13-11-10-12-23(24)33-34-36/h6-7,10-13,21-22,25-27,38H,1-2,8-9,14-20H2,3-5H3/t22-,25+,26-,27?,31+,32?/m1/s1. The molecule has 2 amide bonds. The molecule has 11 nitrogen and oxygen atoms in total. The van der Waals surface area contributed by atoms with E-state index >= 15 is 0 Å². The van der Waals surface area contributed by atoms with Gasteiger partial charge in [-0.25, -0.2) is 4.68 Å². The van der Waals surface area contributed by atoms with Crippen molar-refractivity contribution in [2.24, 2.45) is 17.8 Å². The lowest BCUT2D eigenvalue weighted by atomic mass is 9.65. The Kier molecular flexibility index (Phi) is 8.76. The number of hydrogen-bond donors (Lipinski definition) is 1. The molecule has 3 saturated heterocycles. The SMILES string of the molecule is C=CCCOC(=O)[C@H]1[C@H]2C(=O)N([C@@H](CO)CC(C)C)C(C(=O)N(CC=C)Cn3nnc4ccccc43)C23CC[C@]1(CC)O3. The fourth-order valence-electron chi connectivity index (χ4n) is 7.57. The Morgan fingerprint density at radius 1 is 1.26 bits per heavy atom. The van der Waals surface area contributed by atoms with Crippen molar-refractivity contribution in [2.75, 3.05) is 19.8 Å². The number of amides is 2. The Morgan fingerprint density at radius 3 is 2.70 bits per heavy atom. The number of benzene rings is 1. The quantitative estimate of drug-likeness (QED) is 0.201. The molecule has 3 fully saturated rings. The molecule has 11 heteroatoms. The van der Waals surface area contributed by atoms with Gasteiger partial charge in [0.1, 0.15) is 29.7 Å². The lowest BCUT2D eigenvalue weighted by molar-refractivity contribution is -0.164. The molecular formula is C32H43N5O6. The molecule has 0 aliphatic carbocycles. The lowest BCUT2D eigenvalue weighted by Crippen LogP contribution is -2.59. The van der Waals surface area contributed by atoms with Crippen LogP contribution in [-0.4, -0.2) is 90.7 Å². The molecule has 1 N–H and O–H groups in total. The monoisotopic (exact) mass is 593 g/mol. The molecule has 1 aromatic heterocycles. The number of hydrogen-bond acceptors (Lipinski definition) is 8. The predicted molar refractivity (Wildman–Crippen MR) is 159 cm³/mol. The van der Waals surface area contributed by atoms with E-state index in [1.54, 1.807) is 21.7 Å². The van der Waals surface area contributed by atoms with Crippen molar-refractivity contribution in [1.82, 2.24) is 24.8 Å². The summed E-state index contributed by atoms with van der Waals surface area (Å²) >= 11 is 0. The molecule has 5 rings (SSSR count). The maximum Gasteiger partial charge on any atom is 0.312 e. The molecule has 1 spiro atoms. The zero-order valence-corrected chi connectivity index (χ0v) is 25.4. The highest BCUT2D eigenvalue weighted by atomic mass is 16.6. The number of aliphatic hydroxyl groups excluding tert-OH is 1. The molecular weight excluding hydrogens is 550 g/mol. The van der Waals surface area contributed by atoms with Gasteiger partial charge in [0.2, 0.25) is 11.8 Å². The van der Waals surface area contributed by atoms with E-state index in [0.717, 1.165) is 5.52 Å². The van der Waals surface area contributed by atoms with Gasteiger partial charge in [0.25, 0.3) is 0 Å². The molecule has 0 saturated carbocycles. The fraction of sp³-hybridized carbons (Fsp3) is 0.594. The Balaban J connectivity index is 1.58. The zero-order chi connectivity index (χ0) is 30.9. The van der Waals surface area contributed by atoms with Gasteiger partial charge >= 0.3 is 5.97 Å². The van der Waals surface area contributed by atoms with Crippen molar-refractivity contribution in [2.45, 2.75) is 82.8 Å². The van der Waals surface area contributed by atoms with Crippen LogP contribution in [0.15, 0.2) is 49.6 Å². The summed E-state index contributed by atoms with van der Waals surface area (Å²) in [5.41, 5.74) is -0.685. The Bertz CT molecular complexity index is 1390. The van der Waals surface area contributed by atoms with Gasteiger partial charge in [-0.15, -0.1) is 18.3 Å². The molecule has 43 heavy (non-hydrogen) atoms. The van der Waals surface area contributed by atoms with Crippen molar-refractivity contribution in [1.29, 1.82) is 0 Å². The van der Waals surface area contributed by atoms with Crippen molar-refractivity contribution in [3.05, 3.63) is 49.6 Å². The van der Waals surface area contributed by atoms with E-state index in [4.69, 9.17) is 9.47 Å². The Labute approximate surface area is 252 Å². The first kappa shape index (κ1) is 30.9. The summed E-state index contributed by atoms with van der Waals surface area (Å²) in [6.07, 6.45) is 5.73. The maximum atomic E-state index is 14.8. The van der Waals surface area contributed by atoms with Crippen LogP contribution in [0.4, 0.5) is 0 Å². The highest BCUT2D eigenvalue weighted by Crippen LogP contribution is 2.65. The minimum atomic E-state index is -1.24. The molecule has 0 radical (unpaired) electrons. The number of carbonyl (C=O) groups is 3. The summed E-state index contributed by atoms with van der Waals surface area (Å²) < 4.78 is 14.1. The molecule has 2 bridgehead atoms. The summed E-state index contributed by atoms with van der Waals surface area (Å²) in [5, 5.41) is 19.1. The number of esters is 1. The number of ether oxygens (including phenoxy) is 2. The number of rotatable bonds is 14. The van der Waals surface area contributed by atoms with Gasteiger partial charge in [-0.2, -0.15) is 0 Å². The van der Waals surface area contributed by atoms with Crippen LogP contribution in [0.2, 0.25) is 0 Å². The summed E-state index contributed by atoms with van der Waals surface area (Å²) in [4.78, 5) is 46.1. The van der Waals surface area contributed by atoms with E-state index in [1.165, 1.54) is 4.90 Å². The van der Waals surface area contributed by atoms with Crippen LogP contribution >= 0.6 is 0 Å². The van der Waals surface area contributed by atoms with Crippen LogP contribution in [0, 0.1) is 17.8 Å². The zero-order valence-electron chi connectivity index (χ0n) is 25.4. The second kappa shape index (κ2) is 12.2. The van der Waals surface area contributed by atoms with Gasteiger partial charge in [0, 0.05) is 6.54 Å². The first-order chi connectivity index (χ1) is 20.7. The van der Waals surface area contributed by atoms with E-state index in [0.29, 0.717) is 37.6 Å². The van der Waals surface area contributed by atoms with Crippen LogP contribution in [-0.2, 0) is 30.5 Å². The van der Waals surface area contributed by atoms with Crippen molar-refractivity contribution in [3.63, 3.8) is 0 Å². The molecule has 2 unspecified atom stereocenters. The number of nitrogens with zero attached hydrogens (tertiary/aromatic N) is 5. The van der Waals surface area contributed by atoms with E-state index in [2.05, 4.69) is 23.5 Å². The first-order valence-electron chi connectivity index (χ1n) is 15.3. The average molecular weight is 594 g/mol. The average Bonchev–Trinajstić information content (AvgIpc) is 3.72. The van der Waals surface area contributed by atoms with Crippen molar-refractivity contribution in [3.8, 4) is 0 Å². The van der Waals surface area contributed by atoms with Crippen LogP contribution in [0.3, 0.4) is 0 Å². The van der Waals surface area contributed by atoms with E-state index in [9.17, 15) is 19.5 Å². The van der Waals surface area contributed by atoms with Crippen LogP contribution in [0.1, 0.15) is 52.9 Å². The summed E-state index contributed by atoms with van der Waals surface area (Å²) in [6.45, 7) is 13.6. The number of fused-ring (bicyclic) bond motifs is 2.